The van der Waals surface area contributed by atoms with Gasteiger partial charge >= 0.3 is 0 Å². The van der Waals surface area contributed by atoms with Crippen LogP contribution in [0.4, 0.5) is 0 Å². The third-order valence-electron chi connectivity index (χ3n) is 14.7. The minimum Gasteiger partial charge on any atom is -0.208 e. The number of hydrogen-bond donors (Lipinski definition) is 0. The van der Waals surface area contributed by atoms with Crippen molar-refractivity contribution in [3.63, 3.8) is 0 Å². The molecule has 0 saturated carbocycles. The van der Waals surface area contributed by atoms with Crippen LogP contribution in [-0.4, -0.2) is 15.0 Å². The summed E-state index contributed by atoms with van der Waals surface area (Å²) in [5.74, 6) is 1.86. The molecule has 72 heavy (non-hydrogen) atoms. The second-order valence-corrected chi connectivity index (χ2v) is 19.7. The summed E-state index contributed by atoms with van der Waals surface area (Å²) >= 11 is 1.87. The highest BCUT2D eigenvalue weighted by molar-refractivity contribution is 7.26. The van der Waals surface area contributed by atoms with Crippen molar-refractivity contribution in [2.24, 2.45) is 0 Å². The first-order valence-corrected chi connectivity index (χ1v) is 25.3. The Hall–Kier alpha value is -9.09. The Labute approximate surface area is 422 Å². The van der Waals surface area contributed by atoms with Gasteiger partial charge in [0.05, 0.1) is 5.41 Å². The van der Waals surface area contributed by atoms with E-state index in [-0.39, 0.29) is 0 Å². The Morgan fingerprint density at radius 1 is 0.278 bits per heavy atom. The highest BCUT2D eigenvalue weighted by Crippen LogP contribution is 2.58. The predicted molar refractivity (Wildman–Crippen MR) is 300 cm³/mol. The van der Waals surface area contributed by atoms with Gasteiger partial charge in [0.1, 0.15) is 0 Å². The van der Waals surface area contributed by atoms with Crippen molar-refractivity contribution in [1.82, 2.24) is 15.0 Å². The molecule has 0 saturated heterocycles. The summed E-state index contributed by atoms with van der Waals surface area (Å²) in [5.41, 5.74) is 16.4. The van der Waals surface area contributed by atoms with Gasteiger partial charge in [-0.25, -0.2) is 15.0 Å². The van der Waals surface area contributed by atoms with Gasteiger partial charge < -0.3 is 0 Å². The van der Waals surface area contributed by atoms with Gasteiger partial charge in [-0.2, -0.15) is 0 Å². The Bertz CT molecular complexity index is 4130. The van der Waals surface area contributed by atoms with Crippen molar-refractivity contribution in [2.45, 2.75) is 5.41 Å². The van der Waals surface area contributed by atoms with Gasteiger partial charge in [-0.1, -0.05) is 255 Å². The summed E-state index contributed by atoms with van der Waals surface area (Å²) < 4.78 is 2.64. The van der Waals surface area contributed by atoms with Crippen molar-refractivity contribution < 1.29 is 0 Å². The van der Waals surface area contributed by atoms with Crippen molar-refractivity contribution in [2.75, 3.05) is 0 Å². The second-order valence-electron chi connectivity index (χ2n) is 18.6. The predicted octanol–water partition coefficient (Wildman–Crippen LogP) is 17.8. The Balaban J connectivity index is 0.906. The number of rotatable bonds is 8. The van der Waals surface area contributed by atoms with Crippen molar-refractivity contribution in [3.8, 4) is 78.7 Å². The molecule has 0 bridgehead atoms. The first kappa shape index (κ1) is 41.8. The molecule has 0 amide bonds. The zero-order valence-corrected chi connectivity index (χ0v) is 39.9. The van der Waals surface area contributed by atoms with E-state index in [9.17, 15) is 0 Å². The van der Waals surface area contributed by atoms with E-state index in [1.165, 1.54) is 81.0 Å². The molecule has 0 unspecified atom stereocenters. The minimum atomic E-state index is -0.639. The maximum absolute atomic E-state index is 5.46. The smallest absolute Gasteiger partial charge is 0.164 e. The van der Waals surface area contributed by atoms with Crippen LogP contribution in [0.3, 0.4) is 0 Å². The molecule has 4 heteroatoms. The number of aromatic nitrogens is 3. The van der Waals surface area contributed by atoms with Crippen LogP contribution in [0.2, 0.25) is 0 Å². The largest absolute Gasteiger partial charge is 0.208 e. The van der Waals surface area contributed by atoms with Gasteiger partial charge in [-0.3, -0.25) is 0 Å². The lowest BCUT2D eigenvalue weighted by Gasteiger charge is -2.35. The fourth-order valence-electron chi connectivity index (χ4n) is 11.3. The molecule has 336 valence electrons. The molecule has 14 rings (SSSR count). The molecular formula is C68H43N3S. The average molecular weight is 934 g/mol. The van der Waals surface area contributed by atoms with Gasteiger partial charge in [0.2, 0.25) is 0 Å². The number of nitrogens with zero attached hydrogens (tertiary/aromatic N) is 3. The third kappa shape index (κ3) is 6.75. The summed E-state index contributed by atoms with van der Waals surface area (Å²) in [5, 5.41) is 5.06. The van der Waals surface area contributed by atoms with Gasteiger partial charge in [-0.05, 0) is 83.6 Å². The van der Waals surface area contributed by atoms with Crippen LogP contribution in [0.25, 0.3) is 110 Å². The van der Waals surface area contributed by atoms with E-state index in [0.29, 0.717) is 17.5 Å². The molecule has 0 fully saturated rings. The van der Waals surface area contributed by atoms with Crippen molar-refractivity contribution in [1.29, 1.82) is 0 Å². The van der Waals surface area contributed by atoms with Crippen molar-refractivity contribution >= 4 is 42.3 Å². The Kier molecular flexibility index (Phi) is 9.94. The monoisotopic (exact) mass is 933 g/mol. The molecule has 11 aromatic carbocycles. The molecule has 1 aliphatic rings. The number of hydrogen-bond acceptors (Lipinski definition) is 4. The highest BCUT2D eigenvalue weighted by atomic mass is 32.1. The first-order valence-electron chi connectivity index (χ1n) is 24.5. The van der Waals surface area contributed by atoms with E-state index >= 15 is 0 Å². The highest BCUT2D eigenvalue weighted by Gasteiger charge is 2.48. The van der Waals surface area contributed by atoms with Crippen LogP contribution in [-0.2, 0) is 5.41 Å². The topological polar surface area (TPSA) is 38.7 Å². The molecule has 13 aromatic rings. The lowest BCUT2D eigenvalue weighted by atomic mass is 9.66. The summed E-state index contributed by atoms with van der Waals surface area (Å²) in [4.78, 5) is 16.2. The number of benzene rings is 11. The molecule has 0 atom stereocenters. The number of thiophene rings is 1. The standard InChI is InChI=1S/C68H43N3S/c1-3-18-51(19-4-1)68(52-20-5-2-6-21-52)61-30-11-9-23-56(61)58-27-15-29-60(63(58)68)67-70-65(69-66(71-67)50-42-38-47(39-43-50)54-25-13-17-46-16-7-8-22-53(46)54)49-40-34-45(35-41-49)44-32-36-48(37-33-44)55-26-14-28-59-57-24-10-12-31-62(57)72-64(55)59/h1-43H. The van der Waals surface area contributed by atoms with Crippen LogP contribution in [0.15, 0.2) is 261 Å². The maximum atomic E-state index is 5.46. The van der Waals surface area contributed by atoms with E-state index in [1.807, 2.05) is 11.3 Å². The normalized spacial score (nSPS) is 12.6. The summed E-state index contributed by atoms with van der Waals surface area (Å²) in [6, 6.07) is 94.0. The molecule has 2 aromatic heterocycles. The van der Waals surface area contributed by atoms with Gasteiger partial charge in [0.15, 0.2) is 17.5 Å². The van der Waals surface area contributed by atoms with E-state index in [4.69, 9.17) is 15.0 Å². The lowest BCUT2D eigenvalue weighted by molar-refractivity contribution is 0.769. The minimum absolute atomic E-state index is 0.615. The van der Waals surface area contributed by atoms with Crippen LogP contribution < -0.4 is 0 Å². The lowest BCUT2D eigenvalue weighted by Crippen LogP contribution is -2.29. The number of fused-ring (bicyclic) bond motifs is 7. The molecule has 3 nitrogen and oxygen atoms in total. The zero-order valence-electron chi connectivity index (χ0n) is 39.1. The fraction of sp³-hybridized carbons (Fsp3) is 0.0147. The van der Waals surface area contributed by atoms with Gasteiger partial charge in [0.25, 0.3) is 0 Å². The molecule has 2 heterocycles. The SMILES string of the molecule is c1ccc(C2(c3ccccc3)c3ccccc3-c3cccc(-c4nc(-c5ccc(-c6ccc(-c7cccc8c7sc7ccccc78)cc6)cc5)nc(-c5ccc(-c6cccc7ccccc67)cc5)n4)c32)cc1. The summed E-state index contributed by atoms with van der Waals surface area (Å²) in [6.07, 6.45) is 0. The second kappa shape index (κ2) is 17.1. The molecule has 1 aliphatic carbocycles. The average Bonchev–Trinajstić information content (AvgIpc) is 4.00. The van der Waals surface area contributed by atoms with Gasteiger partial charge in [0, 0.05) is 36.9 Å². The Morgan fingerprint density at radius 2 is 0.722 bits per heavy atom. The molecular weight excluding hydrogens is 891 g/mol. The van der Waals surface area contributed by atoms with Crippen LogP contribution in [0, 0.1) is 0 Å². The van der Waals surface area contributed by atoms with Gasteiger partial charge in [-0.15, -0.1) is 11.3 Å². The van der Waals surface area contributed by atoms with Crippen LogP contribution >= 0.6 is 11.3 Å². The quantitative estimate of drug-likeness (QED) is 0.152. The molecule has 0 N–H and O–H groups in total. The zero-order chi connectivity index (χ0) is 47.6. The summed E-state index contributed by atoms with van der Waals surface area (Å²) in [6.45, 7) is 0. The molecule has 0 radical (unpaired) electrons. The summed E-state index contributed by atoms with van der Waals surface area (Å²) in [7, 11) is 0. The Morgan fingerprint density at radius 3 is 1.42 bits per heavy atom. The van der Waals surface area contributed by atoms with E-state index in [1.54, 1.807) is 0 Å². The first-order chi connectivity index (χ1) is 35.7. The molecule has 0 aliphatic heterocycles. The maximum Gasteiger partial charge on any atom is 0.164 e. The van der Waals surface area contributed by atoms with E-state index < -0.39 is 5.41 Å². The molecule has 0 spiro atoms. The fourth-order valence-corrected chi connectivity index (χ4v) is 12.6. The van der Waals surface area contributed by atoms with Crippen LogP contribution in [0.1, 0.15) is 22.3 Å². The van der Waals surface area contributed by atoms with Crippen LogP contribution in [0.5, 0.6) is 0 Å². The van der Waals surface area contributed by atoms with Crippen molar-refractivity contribution in [3.05, 3.63) is 283 Å². The van der Waals surface area contributed by atoms with E-state index in [0.717, 1.165) is 33.4 Å². The van der Waals surface area contributed by atoms with E-state index in [2.05, 4.69) is 261 Å². The third-order valence-corrected chi connectivity index (χ3v) is 15.9.